The summed E-state index contributed by atoms with van der Waals surface area (Å²) in [7, 11) is 3.79. The van der Waals surface area contributed by atoms with Crippen molar-refractivity contribution in [3.63, 3.8) is 0 Å². The molecule has 1 N–H and O–H groups in total. The number of hydrogen-bond donors (Lipinski definition) is 1. The Morgan fingerprint density at radius 3 is 2.50 bits per heavy atom. The molecule has 0 fully saturated rings. The van der Waals surface area contributed by atoms with Gasteiger partial charge in [0.15, 0.2) is 0 Å². The summed E-state index contributed by atoms with van der Waals surface area (Å²) in [6, 6.07) is 0. The SMILES string of the molecule is C=CC(=O)NC(C)N(C)C. The molecule has 1 atom stereocenters. The normalized spacial score (nSPS) is 12.8. The molecule has 0 aromatic heterocycles. The van der Waals surface area contributed by atoms with Crippen molar-refractivity contribution in [2.24, 2.45) is 0 Å². The lowest BCUT2D eigenvalue weighted by Gasteiger charge is -2.19. The van der Waals surface area contributed by atoms with Crippen molar-refractivity contribution in [2.75, 3.05) is 14.1 Å². The summed E-state index contributed by atoms with van der Waals surface area (Å²) in [5.74, 6) is -0.138. The molecule has 0 aliphatic rings. The molecule has 0 saturated carbocycles. The molecule has 0 aliphatic heterocycles. The quantitative estimate of drug-likeness (QED) is 0.451. The van der Waals surface area contributed by atoms with Gasteiger partial charge in [0.2, 0.25) is 5.91 Å². The minimum atomic E-state index is -0.138. The Kier molecular flexibility index (Phi) is 3.72. The average Bonchev–Trinajstić information content (AvgIpc) is 1.87. The van der Waals surface area contributed by atoms with Crippen molar-refractivity contribution in [3.05, 3.63) is 12.7 Å². The number of nitrogens with zero attached hydrogens (tertiary/aromatic N) is 1. The fraction of sp³-hybridized carbons (Fsp3) is 0.571. The van der Waals surface area contributed by atoms with E-state index in [0.29, 0.717) is 0 Å². The van der Waals surface area contributed by atoms with Gasteiger partial charge >= 0.3 is 0 Å². The van der Waals surface area contributed by atoms with Crippen molar-refractivity contribution >= 4 is 5.91 Å². The molecule has 3 nitrogen and oxygen atoms in total. The zero-order chi connectivity index (χ0) is 8.15. The Hall–Kier alpha value is -0.830. The van der Waals surface area contributed by atoms with Crippen molar-refractivity contribution in [1.82, 2.24) is 10.2 Å². The predicted molar refractivity (Wildman–Crippen MR) is 41.5 cm³/mol. The summed E-state index contributed by atoms with van der Waals surface area (Å²) in [5, 5.41) is 2.70. The van der Waals surface area contributed by atoms with E-state index in [4.69, 9.17) is 0 Å². The Morgan fingerprint density at radius 1 is 1.70 bits per heavy atom. The maximum absolute atomic E-state index is 10.7. The fourth-order valence-corrected chi connectivity index (χ4v) is 0.394. The van der Waals surface area contributed by atoms with E-state index in [1.54, 1.807) is 0 Å². The van der Waals surface area contributed by atoms with Gasteiger partial charge in [0, 0.05) is 0 Å². The first-order valence-electron chi connectivity index (χ1n) is 3.17. The van der Waals surface area contributed by atoms with Gasteiger partial charge in [-0.1, -0.05) is 6.58 Å². The van der Waals surface area contributed by atoms with Gasteiger partial charge in [-0.05, 0) is 27.1 Å². The van der Waals surface area contributed by atoms with E-state index >= 15 is 0 Å². The minimum absolute atomic E-state index is 0.0606. The highest BCUT2D eigenvalue weighted by molar-refractivity contribution is 5.86. The second kappa shape index (κ2) is 4.06. The zero-order valence-electron chi connectivity index (χ0n) is 6.72. The van der Waals surface area contributed by atoms with Crippen LogP contribution in [-0.2, 0) is 4.79 Å². The van der Waals surface area contributed by atoms with E-state index in [1.807, 2.05) is 25.9 Å². The summed E-state index contributed by atoms with van der Waals surface area (Å²) in [6.07, 6.45) is 1.32. The van der Waals surface area contributed by atoms with Crippen molar-refractivity contribution in [2.45, 2.75) is 13.1 Å². The highest BCUT2D eigenvalue weighted by atomic mass is 16.1. The lowest BCUT2D eigenvalue weighted by Crippen LogP contribution is -2.41. The molecule has 1 amide bonds. The summed E-state index contributed by atoms with van der Waals surface area (Å²) in [4.78, 5) is 12.6. The molecule has 0 heterocycles. The van der Waals surface area contributed by atoms with E-state index in [-0.39, 0.29) is 12.1 Å². The molecule has 3 heteroatoms. The second-order valence-electron chi connectivity index (χ2n) is 2.35. The summed E-state index contributed by atoms with van der Waals surface area (Å²) >= 11 is 0. The highest BCUT2D eigenvalue weighted by Gasteiger charge is 2.04. The van der Waals surface area contributed by atoms with Crippen LogP contribution in [0.3, 0.4) is 0 Å². The zero-order valence-corrected chi connectivity index (χ0v) is 6.72. The molecule has 0 aliphatic carbocycles. The Labute approximate surface area is 61.7 Å². The average molecular weight is 142 g/mol. The van der Waals surface area contributed by atoms with Crippen LogP contribution in [0, 0.1) is 0 Å². The third-order valence-corrected chi connectivity index (χ3v) is 1.31. The summed E-state index contributed by atoms with van der Waals surface area (Å²) in [5.41, 5.74) is 0. The standard InChI is InChI=1S/C7H14N2O/c1-5-7(10)8-6(2)9(3)4/h5-6H,1H2,2-4H3,(H,8,10). The molecule has 0 aromatic rings. The van der Waals surface area contributed by atoms with Crippen molar-refractivity contribution in [3.8, 4) is 0 Å². The van der Waals surface area contributed by atoms with Crippen LogP contribution >= 0.6 is 0 Å². The largest absolute Gasteiger partial charge is 0.337 e. The maximum atomic E-state index is 10.7. The topological polar surface area (TPSA) is 32.3 Å². The number of nitrogens with one attached hydrogen (secondary N) is 1. The number of rotatable bonds is 3. The Morgan fingerprint density at radius 2 is 2.20 bits per heavy atom. The van der Waals surface area contributed by atoms with Gasteiger partial charge in [0.1, 0.15) is 0 Å². The van der Waals surface area contributed by atoms with Gasteiger partial charge in [-0.25, -0.2) is 0 Å². The monoisotopic (exact) mass is 142 g/mol. The van der Waals surface area contributed by atoms with E-state index in [1.165, 1.54) is 6.08 Å². The molecule has 0 radical (unpaired) electrons. The molecule has 0 spiro atoms. The Bertz CT molecular complexity index is 132. The van der Waals surface area contributed by atoms with Crippen LogP contribution in [-0.4, -0.2) is 31.1 Å². The van der Waals surface area contributed by atoms with Crippen molar-refractivity contribution < 1.29 is 4.79 Å². The fourth-order valence-electron chi connectivity index (χ4n) is 0.394. The second-order valence-corrected chi connectivity index (χ2v) is 2.35. The summed E-state index contributed by atoms with van der Waals surface area (Å²) < 4.78 is 0. The number of carbonyl (C=O) groups excluding carboxylic acids is 1. The first-order valence-corrected chi connectivity index (χ1v) is 3.17. The van der Waals surface area contributed by atoms with Crippen LogP contribution in [0.4, 0.5) is 0 Å². The molecule has 58 valence electrons. The van der Waals surface area contributed by atoms with Crippen LogP contribution in [0.5, 0.6) is 0 Å². The molecular weight excluding hydrogens is 128 g/mol. The van der Waals surface area contributed by atoms with Crippen LogP contribution < -0.4 is 5.32 Å². The molecule has 0 aromatic carbocycles. The van der Waals surface area contributed by atoms with Crippen molar-refractivity contribution in [1.29, 1.82) is 0 Å². The lowest BCUT2D eigenvalue weighted by molar-refractivity contribution is -0.117. The van der Waals surface area contributed by atoms with Gasteiger partial charge < -0.3 is 5.32 Å². The van der Waals surface area contributed by atoms with Gasteiger partial charge in [-0.15, -0.1) is 0 Å². The maximum Gasteiger partial charge on any atom is 0.244 e. The Balaban J connectivity index is 3.67. The number of amides is 1. The third-order valence-electron chi connectivity index (χ3n) is 1.31. The number of carbonyl (C=O) groups is 1. The van der Waals surface area contributed by atoms with E-state index in [2.05, 4.69) is 11.9 Å². The molecule has 0 bridgehead atoms. The van der Waals surface area contributed by atoms with Crippen LogP contribution in [0.1, 0.15) is 6.92 Å². The van der Waals surface area contributed by atoms with E-state index < -0.39 is 0 Å². The third kappa shape index (κ3) is 3.25. The van der Waals surface area contributed by atoms with Gasteiger partial charge in [-0.2, -0.15) is 0 Å². The van der Waals surface area contributed by atoms with Gasteiger partial charge in [-0.3, -0.25) is 9.69 Å². The molecule has 10 heavy (non-hydrogen) atoms. The highest BCUT2D eigenvalue weighted by Crippen LogP contribution is 1.84. The van der Waals surface area contributed by atoms with Crippen LogP contribution in [0.15, 0.2) is 12.7 Å². The van der Waals surface area contributed by atoms with Gasteiger partial charge in [0.25, 0.3) is 0 Å². The first-order chi connectivity index (χ1) is 4.57. The van der Waals surface area contributed by atoms with E-state index in [0.717, 1.165) is 0 Å². The molecule has 0 rings (SSSR count). The minimum Gasteiger partial charge on any atom is -0.337 e. The van der Waals surface area contributed by atoms with Crippen LogP contribution in [0.25, 0.3) is 0 Å². The molecule has 0 saturated heterocycles. The first kappa shape index (κ1) is 9.17. The molecule has 1 unspecified atom stereocenters. The van der Waals surface area contributed by atoms with Crippen LogP contribution in [0.2, 0.25) is 0 Å². The smallest absolute Gasteiger partial charge is 0.244 e. The molecular formula is C7H14N2O. The summed E-state index contributed by atoms with van der Waals surface area (Å²) in [6.45, 7) is 5.25. The number of hydrogen-bond acceptors (Lipinski definition) is 2. The lowest BCUT2D eigenvalue weighted by atomic mass is 10.4. The van der Waals surface area contributed by atoms with E-state index in [9.17, 15) is 4.79 Å². The predicted octanol–water partition coefficient (Wildman–Crippen LogP) is 0.196. The van der Waals surface area contributed by atoms with Gasteiger partial charge in [0.05, 0.1) is 6.17 Å².